The van der Waals surface area contributed by atoms with E-state index in [9.17, 15) is 4.79 Å². The summed E-state index contributed by atoms with van der Waals surface area (Å²) in [7, 11) is 1.69. The minimum Gasteiger partial charge on any atom is -1.00 e. The van der Waals surface area contributed by atoms with E-state index in [4.69, 9.17) is 9.47 Å². The lowest BCUT2D eigenvalue weighted by atomic mass is 10.1. The lowest BCUT2D eigenvalue weighted by Crippen LogP contribution is -3.00. The zero-order valence-corrected chi connectivity index (χ0v) is 28.2. The number of carbonyl (C=O) groups excluding carboxylic acids is 1. The molecule has 0 fully saturated rings. The summed E-state index contributed by atoms with van der Waals surface area (Å²) >= 11 is 1.69. The topological polar surface area (TPSA) is 42.7 Å². The molecule has 0 unspecified atom stereocenters. The largest absolute Gasteiger partial charge is 1.00 e. The Balaban J connectivity index is 0.00000616. The highest BCUT2D eigenvalue weighted by Gasteiger charge is 2.13. The van der Waals surface area contributed by atoms with E-state index in [1.54, 1.807) is 18.4 Å². The Hall–Kier alpha value is -2.38. The highest BCUT2D eigenvalue weighted by atomic mass is 79.9. The van der Waals surface area contributed by atoms with Crippen LogP contribution >= 0.6 is 11.3 Å². The maximum Gasteiger partial charge on any atom is 0.224 e. The summed E-state index contributed by atoms with van der Waals surface area (Å²) in [5.41, 5.74) is 5.62. The number of ether oxygens (including phenoxy) is 2. The third kappa shape index (κ3) is 13.7. The lowest BCUT2D eigenvalue weighted by Gasteiger charge is -2.25. The van der Waals surface area contributed by atoms with Gasteiger partial charge in [0.25, 0.3) is 0 Å². The Morgan fingerprint density at radius 3 is 2.21 bits per heavy atom. The van der Waals surface area contributed by atoms with Gasteiger partial charge in [0.2, 0.25) is 5.51 Å². The van der Waals surface area contributed by atoms with Crippen molar-refractivity contribution in [2.24, 2.45) is 0 Å². The number of benzene rings is 2. The Morgan fingerprint density at radius 2 is 1.57 bits per heavy atom. The van der Waals surface area contributed by atoms with Gasteiger partial charge in [-0.1, -0.05) is 107 Å². The van der Waals surface area contributed by atoms with Crippen LogP contribution < -0.4 is 35.9 Å². The first-order chi connectivity index (χ1) is 20.2. The number of anilines is 1. The maximum absolute atomic E-state index is 11.2. The highest BCUT2D eigenvalue weighted by molar-refractivity contribution is 7.07. The molecule has 1 aromatic heterocycles. The summed E-state index contributed by atoms with van der Waals surface area (Å²) in [5.74, 6) is 1.56. The number of nitrogens with zero attached hydrogens (tertiary/aromatic N) is 2. The summed E-state index contributed by atoms with van der Waals surface area (Å²) in [6, 6.07) is 14.8. The first-order valence-corrected chi connectivity index (χ1v) is 16.7. The molecule has 1 heterocycles. The SMILES string of the molecule is CCCCCCCCCCCCCCOc1cc(CN(CCC=O)c2cccc(C[n+]3ccsc3)c2)ccc1OC.[Br-]. The van der Waals surface area contributed by atoms with Gasteiger partial charge in [-0.25, -0.2) is 0 Å². The molecule has 0 radical (unpaired) electrons. The molecular weight excluding hydrogens is 608 g/mol. The molecule has 2 aromatic carbocycles. The molecule has 0 bridgehead atoms. The van der Waals surface area contributed by atoms with E-state index < -0.39 is 0 Å². The van der Waals surface area contributed by atoms with Crippen molar-refractivity contribution in [2.45, 2.75) is 103 Å². The van der Waals surface area contributed by atoms with Crippen molar-refractivity contribution in [3.05, 3.63) is 70.7 Å². The van der Waals surface area contributed by atoms with Crippen LogP contribution in [0, 0.1) is 0 Å². The molecule has 0 aliphatic carbocycles. The number of methoxy groups -OCH3 is 1. The highest BCUT2D eigenvalue weighted by Crippen LogP contribution is 2.30. The van der Waals surface area contributed by atoms with Crippen LogP contribution in [0.25, 0.3) is 0 Å². The molecular formula is C35H51BrN2O3S. The monoisotopic (exact) mass is 658 g/mol. The van der Waals surface area contributed by atoms with Crippen LogP contribution in [0.15, 0.2) is 59.6 Å². The molecule has 3 aromatic rings. The fourth-order valence-corrected chi connectivity index (χ4v) is 5.80. The van der Waals surface area contributed by atoms with Crippen molar-refractivity contribution in [2.75, 3.05) is 25.2 Å². The van der Waals surface area contributed by atoms with Gasteiger partial charge in [0.15, 0.2) is 24.2 Å². The fourth-order valence-electron chi connectivity index (χ4n) is 5.20. The molecule has 0 amide bonds. The van der Waals surface area contributed by atoms with Crippen molar-refractivity contribution in [3.63, 3.8) is 0 Å². The van der Waals surface area contributed by atoms with E-state index in [0.29, 0.717) is 26.1 Å². The van der Waals surface area contributed by atoms with E-state index >= 15 is 0 Å². The summed E-state index contributed by atoms with van der Waals surface area (Å²) in [5, 5.41) is 2.08. The number of halogens is 1. The number of carbonyl (C=O) groups is 1. The summed E-state index contributed by atoms with van der Waals surface area (Å²) in [4.78, 5) is 13.5. The number of hydrogen-bond acceptors (Lipinski definition) is 5. The molecule has 7 heteroatoms. The van der Waals surface area contributed by atoms with Crippen LogP contribution in [0.1, 0.15) is 102 Å². The van der Waals surface area contributed by atoms with Crippen LogP contribution in [0.3, 0.4) is 0 Å². The van der Waals surface area contributed by atoms with E-state index in [-0.39, 0.29) is 17.0 Å². The van der Waals surface area contributed by atoms with Gasteiger partial charge in [-0.05, 0) is 36.2 Å². The van der Waals surface area contributed by atoms with Crippen molar-refractivity contribution in [3.8, 4) is 11.5 Å². The zero-order chi connectivity index (χ0) is 29.0. The van der Waals surface area contributed by atoms with E-state index in [1.165, 1.54) is 76.2 Å². The lowest BCUT2D eigenvalue weighted by molar-refractivity contribution is -0.683. The predicted octanol–water partition coefficient (Wildman–Crippen LogP) is 5.77. The molecule has 0 saturated heterocycles. The van der Waals surface area contributed by atoms with Crippen molar-refractivity contribution >= 4 is 23.3 Å². The maximum atomic E-state index is 11.2. The van der Waals surface area contributed by atoms with Gasteiger partial charge in [0.1, 0.15) is 6.29 Å². The van der Waals surface area contributed by atoms with Crippen molar-refractivity contribution in [1.82, 2.24) is 0 Å². The molecule has 42 heavy (non-hydrogen) atoms. The molecule has 232 valence electrons. The van der Waals surface area contributed by atoms with Gasteiger partial charge in [-0.2, -0.15) is 4.57 Å². The summed E-state index contributed by atoms with van der Waals surface area (Å²) in [6.07, 6.45) is 19.5. The third-order valence-electron chi connectivity index (χ3n) is 7.54. The van der Waals surface area contributed by atoms with Gasteiger partial charge in [-0.3, -0.25) is 0 Å². The average molecular weight is 660 g/mol. The minimum absolute atomic E-state index is 0. The number of unbranched alkanes of at least 4 members (excludes halogenated alkanes) is 11. The van der Waals surface area contributed by atoms with E-state index in [0.717, 1.165) is 42.0 Å². The van der Waals surface area contributed by atoms with Crippen molar-refractivity contribution in [1.29, 1.82) is 0 Å². The quantitative estimate of drug-likeness (QED) is 0.0737. The number of thiazole rings is 1. The summed E-state index contributed by atoms with van der Waals surface area (Å²) < 4.78 is 14.0. The molecule has 0 spiro atoms. The average Bonchev–Trinajstić information content (AvgIpc) is 3.51. The normalized spacial score (nSPS) is 10.7. The molecule has 0 aliphatic rings. The fraction of sp³-hybridized carbons (Fsp3) is 0.543. The van der Waals surface area contributed by atoms with Gasteiger partial charge in [0, 0.05) is 30.8 Å². The van der Waals surface area contributed by atoms with E-state index in [2.05, 4.69) is 69.9 Å². The van der Waals surface area contributed by atoms with Gasteiger partial charge in [-0.15, -0.1) is 0 Å². The number of hydrogen-bond donors (Lipinski definition) is 0. The Bertz CT molecular complexity index is 1110. The molecule has 0 N–H and O–H groups in total. The molecule has 0 aliphatic heterocycles. The third-order valence-corrected chi connectivity index (χ3v) is 8.21. The Morgan fingerprint density at radius 1 is 0.857 bits per heavy atom. The number of aldehydes is 1. The van der Waals surface area contributed by atoms with E-state index in [1.807, 2.05) is 6.07 Å². The first kappa shape index (κ1) is 35.8. The number of aromatic nitrogens is 1. The van der Waals surface area contributed by atoms with Crippen LogP contribution in [0.5, 0.6) is 11.5 Å². The van der Waals surface area contributed by atoms with Crippen molar-refractivity contribution < 1.29 is 35.8 Å². The summed E-state index contributed by atoms with van der Waals surface area (Å²) in [6.45, 7) is 5.17. The standard InChI is InChI=1S/C35H51N2O3S.BrH/c1-3-4-5-6-7-8-9-10-11-12-13-14-24-40-35-27-32(19-20-34(35)39-2)29-37(21-16-23-38)33-18-15-17-31(26-33)28-36-22-25-41-30-36;/h15,17-20,22-23,25-27,30H,3-14,16,21,24,28-29H2,1-2H3;1H/q+1;/p-1. The van der Waals surface area contributed by atoms with Crippen LogP contribution in [-0.2, 0) is 17.9 Å². The molecule has 0 saturated carbocycles. The second-order valence-electron chi connectivity index (χ2n) is 11.0. The number of rotatable bonds is 23. The Labute approximate surface area is 269 Å². The van der Waals surface area contributed by atoms with Crippen LogP contribution in [-0.4, -0.2) is 26.5 Å². The van der Waals surface area contributed by atoms with Crippen LogP contribution in [0.4, 0.5) is 5.69 Å². The molecule has 3 rings (SSSR count). The minimum atomic E-state index is 0. The van der Waals surface area contributed by atoms with Gasteiger partial charge < -0.3 is 36.1 Å². The van der Waals surface area contributed by atoms with Gasteiger partial charge in [0.05, 0.1) is 19.1 Å². The molecule has 0 atom stereocenters. The van der Waals surface area contributed by atoms with Gasteiger partial charge >= 0.3 is 0 Å². The molecule has 5 nitrogen and oxygen atoms in total. The predicted molar refractivity (Wildman–Crippen MR) is 171 cm³/mol. The zero-order valence-electron chi connectivity index (χ0n) is 25.8. The first-order valence-electron chi connectivity index (χ1n) is 15.7. The van der Waals surface area contributed by atoms with Crippen LogP contribution in [0.2, 0.25) is 0 Å². The second kappa shape index (κ2) is 22.2. The Kier molecular flexibility index (Phi) is 18.9. The smallest absolute Gasteiger partial charge is 0.224 e. The second-order valence-corrected chi connectivity index (χ2v) is 11.7.